The number of thioether (sulfide) groups is 1. The third-order valence-electron chi connectivity index (χ3n) is 5.63. The number of aromatic amines is 1. The highest BCUT2D eigenvalue weighted by Crippen LogP contribution is 2.38. The van der Waals surface area contributed by atoms with Crippen LogP contribution in [0.15, 0.2) is 15.7 Å². The fourth-order valence-corrected chi connectivity index (χ4v) is 5.97. The van der Waals surface area contributed by atoms with Crippen LogP contribution in [0.5, 0.6) is 0 Å². The highest BCUT2D eigenvalue weighted by molar-refractivity contribution is 8.00. The summed E-state index contributed by atoms with van der Waals surface area (Å²) in [6, 6.07) is 2.17. The summed E-state index contributed by atoms with van der Waals surface area (Å²) >= 11 is 2.96. The molecule has 0 saturated heterocycles. The van der Waals surface area contributed by atoms with Crippen LogP contribution < -0.4 is 0 Å². The number of nitrogens with one attached hydrogen (secondary N) is 1. The van der Waals surface area contributed by atoms with Crippen LogP contribution in [0.4, 0.5) is 0 Å². The molecule has 0 amide bonds. The van der Waals surface area contributed by atoms with Crippen molar-refractivity contribution in [2.24, 2.45) is 5.92 Å². The number of Topliss-reactive ketones (excluding diaryl/α,β-unsaturated/α-hetero) is 2. The molecular weight excluding hydrogens is 418 g/mol. The van der Waals surface area contributed by atoms with E-state index in [9.17, 15) is 9.59 Å². The van der Waals surface area contributed by atoms with Crippen molar-refractivity contribution in [1.29, 1.82) is 0 Å². The van der Waals surface area contributed by atoms with Gasteiger partial charge in [0.15, 0.2) is 11.6 Å². The minimum absolute atomic E-state index is 0.0461. The SMILES string of the molecule is CC(=O)c1c(C)[nH]c(C(=O)[C@H](C)Sc2nnc(-c3cc4c(s3)CC[C@@H](C)C4)o2)c1C. The van der Waals surface area contributed by atoms with Crippen molar-refractivity contribution in [2.45, 2.75) is 64.4 Å². The fraction of sp³-hybridized carbons (Fsp3) is 0.455. The second kappa shape index (κ2) is 8.15. The first-order valence-electron chi connectivity index (χ1n) is 10.1. The van der Waals surface area contributed by atoms with E-state index in [2.05, 4.69) is 28.2 Å². The van der Waals surface area contributed by atoms with Gasteiger partial charge in [-0.3, -0.25) is 9.59 Å². The van der Waals surface area contributed by atoms with Crippen LogP contribution in [0, 0.1) is 19.8 Å². The van der Waals surface area contributed by atoms with Gasteiger partial charge in [-0.15, -0.1) is 21.5 Å². The Kier molecular flexibility index (Phi) is 5.72. The Hall–Kier alpha value is -2.19. The number of ketones is 2. The van der Waals surface area contributed by atoms with Gasteiger partial charge in [0.05, 0.1) is 15.8 Å². The Bertz CT molecular complexity index is 1130. The van der Waals surface area contributed by atoms with Crippen molar-refractivity contribution in [3.63, 3.8) is 0 Å². The highest BCUT2D eigenvalue weighted by atomic mass is 32.2. The zero-order valence-corrected chi connectivity index (χ0v) is 19.4. The Morgan fingerprint density at radius 2 is 2.10 bits per heavy atom. The predicted molar refractivity (Wildman–Crippen MR) is 119 cm³/mol. The molecule has 4 rings (SSSR count). The van der Waals surface area contributed by atoms with Gasteiger partial charge in [0.1, 0.15) is 0 Å². The first-order chi connectivity index (χ1) is 14.2. The van der Waals surface area contributed by atoms with Gasteiger partial charge >= 0.3 is 0 Å². The number of fused-ring (bicyclic) bond motifs is 1. The average molecular weight is 444 g/mol. The molecule has 30 heavy (non-hydrogen) atoms. The second-order valence-electron chi connectivity index (χ2n) is 8.09. The van der Waals surface area contributed by atoms with Crippen molar-refractivity contribution in [3.05, 3.63) is 39.0 Å². The molecule has 0 aromatic carbocycles. The van der Waals surface area contributed by atoms with Crippen LogP contribution in [-0.2, 0) is 12.8 Å². The molecular formula is C22H25N3O3S2. The van der Waals surface area contributed by atoms with Crippen molar-refractivity contribution in [2.75, 3.05) is 0 Å². The number of carbonyl (C=O) groups is 2. The first-order valence-corrected chi connectivity index (χ1v) is 11.8. The maximum atomic E-state index is 12.9. The summed E-state index contributed by atoms with van der Waals surface area (Å²) < 4.78 is 5.86. The molecule has 0 aliphatic heterocycles. The van der Waals surface area contributed by atoms with Crippen LogP contribution in [-0.4, -0.2) is 32.0 Å². The molecule has 0 spiro atoms. The quantitative estimate of drug-likeness (QED) is 0.403. The number of aromatic nitrogens is 3. The second-order valence-corrected chi connectivity index (χ2v) is 10.5. The lowest BCUT2D eigenvalue weighted by Gasteiger charge is -2.16. The van der Waals surface area contributed by atoms with Gasteiger partial charge in [-0.25, -0.2) is 0 Å². The number of thiophene rings is 1. The highest BCUT2D eigenvalue weighted by Gasteiger charge is 2.26. The van der Waals surface area contributed by atoms with E-state index in [1.165, 1.54) is 35.5 Å². The molecule has 0 unspecified atom stereocenters. The Morgan fingerprint density at radius 1 is 1.33 bits per heavy atom. The summed E-state index contributed by atoms with van der Waals surface area (Å²) in [5.41, 5.74) is 3.87. The molecule has 8 heteroatoms. The van der Waals surface area contributed by atoms with Crippen LogP contribution in [0.25, 0.3) is 10.8 Å². The van der Waals surface area contributed by atoms with Crippen molar-refractivity contribution < 1.29 is 14.0 Å². The van der Waals surface area contributed by atoms with E-state index in [4.69, 9.17) is 4.42 Å². The van der Waals surface area contributed by atoms with E-state index >= 15 is 0 Å². The molecule has 2 atom stereocenters. The minimum atomic E-state index is -0.424. The zero-order valence-electron chi connectivity index (χ0n) is 17.8. The summed E-state index contributed by atoms with van der Waals surface area (Å²) in [7, 11) is 0. The summed E-state index contributed by atoms with van der Waals surface area (Å²) in [4.78, 5) is 30.3. The van der Waals surface area contributed by atoms with E-state index in [0.717, 1.165) is 23.4 Å². The molecule has 3 aromatic heterocycles. The number of hydrogen-bond donors (Lipinski definition) is 1. The summed E-state index contributed by atoms with van der Waals surface area (Å²) in [6.07, 6.45) is 3.43. The molecule has 0 bridgehead atoms. The summed E-state index contributed by atoms with van der Waals surface area (Å²) in [5, 5.41) is 8.29. The van der Waals surface area contributed by atoms with Gasteiger partial charge in [-0.2, -0.15) is 0 Å². The lowest BCUT2D eigenvalue weighted by atomic mass is 9.90. The third kappa shape index (κ3) is 3.90. The molecule has 6 nitrogen and oxygen atoms in total. The monoisotopic (exact) mass is 443 g/mol. The molecule has 0 fully saturated rings. The van der Waals surface area contributed by atoms with E-state index in [-0.39, 0.29) is 11.6 Å². The molecule has 1 N–H and O–H groups in total. The van der Waals surface area contributed by atoms with E-state index in [1.54, 1.807) is 18.3 Å². The number of rotatable bonds is 6. The lowest BCUT2D eigenvalue weighted by Crippen LogP contribution is -2.15. The van der Waals surface area contributed by atoms with Gasteiger partial charge in [-0.05, 0) is 70.1 Å². The molecule has 3 heterocycles. The summed E-state index contributed by atoms with van der Waals surface area (Å²) in [5.74, 6) is 1.09. The lowest BCUT2D eigenvalue weighted by molar-refractivity contribution is 0.0988. The topological polar surface area (TPSA) is 88.9 Å². The van der Waals surface area contributed by atoms with Gasteiger partial charge < -0.3 is 9.40 Å². The number of H-pyrrole nitrogens is 1. The summed E-state index contributed by atoms with van der Waals surface area (Å²) in [6.45, 7) is 9.22. The normalized spacial score (nSPS) is 17.0. The molecule has 0 radical (unpaired) electrons. The number of aryl methyl sites for hydroxylation is 2. The maximum absolute atomic E-state index is 12.9. The van der Waals surface area contributed by atoms with Gasteiger partial charge in [0.2, 0.25) is 0 Å². The number of nitrogens with zero attached hydrogens (tertiary/aromatic N) is 2. The van der Waals surface area contributed by atoms with Crippen molar-refractivity contribution >= 4 is 34.7 Å². The molecule has 3 aromatic rings. The van der Waals surface area contributed by atoms with Crippen molar-refractivity contribution in [1.82, 2.24) is 15.2 Å². The fourth-order valence-electron chi connectivity index (χ4n) is 4.10. The van der Waals surface area contributed by atoms with Gasteiger partial charge in [0, 0.05) is 16.1 Å². The Labute approximate surface area is 183 Å². The third-order valence-corrected chi connectivity index (χ3v) is 7.79. The number of hydrogen-bond acceptors (Lipinski definition) is 7. The average Bonchev–Trinajstić information content (AvgIpc) is 3.37. The van der Waals surface area contributed by atoms with Crippen LogP contribution >= 0.6 is 23.1 Å². The first kappa shape index (κ1) is 21.1. The van der Waals surface area contributed by atoms with Crippen LogP contribution in [0.3, 0.4) is 0 Å². The van der Waals surface area contributed by atoms with Crippen LogP contribution in [0.1, 0.15) is 69.7 Å². The largest absolute Gasteiger partial charge is 0.410 e. The van der Waals surface area contributed by atoms with Crippen LogP contribution in [0.2, 0.25) is 0 Å². The molecule has 158 valence electrons. The molecule has 0 saturated carbocycles. The van der Waals surface area contributed by atoms with Gasteiger partial charge in [0.25, 0.3) is 11.1 Å². The maximum Gasteiger partial charge on any atom is 0.277 e. The standard InChI is InChI=1S/C22H25N3O3S2/c1-10-6-7-16-15(8-10)9-17(30-16)21-24-25-22(28-21)29-14(5)20(27)19-11(2)18(13(4)26)12(3)23-19/h9-10,14,23H,6-8H2,1-5H3/t10-,14+/m1/s1. The number of carbonyl (C=O) groups excluding carboxylic acids is 2. The Balaban J connectivity index is 1.49. The smallest absolute Gasteiger partial charge is 0.277 e. The molecule has 1 aliphatic rings. The molecule has 1 aliphatic carbocycles. The van der Waals surface area contributed by atoms with E-state index in [1.807, 2.05) is 13.8 Å². The van der Waals surface area contributed by atoms with E-state index in [0.29, 0.717) is 33.9 Å². The minimum Gasteiger partial charge on any atom is -0.410 e. The van der Waals surface area contributed by atoms with E-state index < -0.39 is 5.25 Å². The Morgan fingerprint density at radius 3 is 2.80 bits per heavy atom. The van der Waals surface area contributed by atoms with Gasteiger partial charge in [-0.1, -0.05) is 18.7 Å². The zero-order chi connectivity index (χ0) is 21.6. The van der Waals surface area contributed by atoms with Crippen molar-refractivity contribution in [3.8, 4) is 10.8 Å². The predicted octanol–water partition coefficient (Wildman–Crippen LogP) is 5.43.